The van der Waals surface area contributed by atoms with Crippen molar-refractivity contribution in [1.82, 2.24) is 14.5 Å². The number of aromatic nitrogens is 3. The van der Waals surface area contributed by atoms with E-state index in [1.807, 2.05) is 0 Å². The van der Waals surface area contributed by atoms with E-state index in [2.05, 4.69) is 193 Å². The molecule has 13 rings (SSSR count). The number of nitrogens with zero attached hydrogens (tertiary/aromatic N) is 3. The van der Waals surface area contributed by atoms with E-state index >= 15 is 0 Å². The molecule has 3 heterocycles. The number of fused-ring (bicyclic) bond motifs is 17. The first-order chi connectivity index (χ1) is 28.3. The van der Waals surface area contributed by atoms with E-state index in [4.69, 9.17) is 14.7 Å². The Morgan fingerprint density at radius 2 is 1.04 bits per heavy atom. The average molecular weight is 726 g/mol. The zero-order valence-electron chi connectivity index (χ0n) is 30.6. The summed E-state index contributed by atoms with van der Waals surface area (Å²) in [6, 6.07) is 67.5. The number of ether oxygens (including phenoxy) is 1. The molecule has 0 amide bonds. The quantitative estimate of drug-likeness (QED) is 0.178. The lowest BCUT2D eigenvalue weighted by molar-refractivity contribution is 0.436. The molecule has 0 bridgehead atoms. The Morgan fingerprint density at radius 3 is 1.86 bits per heavy atom. The van der Waals surface area contributed by atoms with Crippen molar-refractivity contribution in [1.29, 1.82) is 0 Å². The fraction of sp³-hybridized carbons (Fsp3) is 0.0189. The zero-order valence-corrected chi connectivity index (χ0v) is 30.6. The molecule has 57 heavy (non-hydrogen) atoms. The van der Waals surface area contributed by atoms with E-state index in [-0.39, 0.29) is 0 Å². The predicted molar refractivity (Wildman–Crippen MR) is 232 cm³/mol. The predicted octanol–water partition coefficient (Wildman–Crippen LogP) is 13.2. The van der Waals surface area contributed by atoms with E-state index in [1.54, 1.807) is 0 Å². The highest BCUT2D eigenvalue weighted by Gasteiger charge is 2.51. The van der Waals surface area contributed by atoms with E-state index in [9.17, 15) is 0 Å². The topological polar surface area (TPSA) is 39.9 Å². The first kappa shape index (κ1) is 30.7. The van der Waals surface area contributed by atoms with Crippen molar-refractivity contribution in [2.45, 2.75) is 5.41 Å². The Balaban J connectivity index is 1.22. The van der Waals surface area contributed by atoms with Crippen LogP contribution in [-0.2, 0) is 5.41 Å². The number of benzene rings is 9. The molecule has 2 aliphatic rings. The highest BCUT2D eigenvalue weighted by Crippen LogP contribution is 2.63. The zero-order chi connectivity index (χ0) is 37.2. The monoisotopic (exact) mass is 725 g/mol. The maximum absolute atomic E-state index is 6.67. The highest BCUT2D eigenvalue weighted by atomic mass is 16.5. The van der Waals surface area contributed by atoms with Crippen molar-refractivity contribution in [2.24, 2.45) is 0 Å². The third kappa shape index (κ3) is 4.01. The van der Waals surface area contributed by atoms with Crippen LogP contribution in [0.15, 0.2) is 188 Å². The van der Waals surface area contributed by atoms with Gasteiger partial charge in [0.05, 0.1) is 27.7 Å². The second-order valence-corrected chi connectivity index (χ2v) is 15.2. The van der Waals surface area contributed by atoms with Gasteiger partial charge in [-0.1, -0.05) is 164 Å². The summed E-state index contributed by atoms with van der Waals surface area (Å²) >= 11 is 0. The molecule has 4 heteroatoms. The minimum atomic E-state index is -0.602. The first-order valence-electron chi connectivity index (χ1n) is 19.5. The van der Waals surface area contributed by atoms with Gasteiger partial charge in [-0.05, 0) is 57.1 Å². The highest BCUT2D eigenvalue weighted by molar-refractivity contribution is 6.22. The number of hydrogen-bond donors (Lipinski definition) is 0. The molecule has 0 saturated carbocycles. The van der Waals surface area contributed by atoms with Gasteiger partial charge in [0.15, 0.2) is 0 Å². The number of para-hydroxylation sites is 3. The van der Waals surface area contributed by atoms with Crippen molar-refractivity contribution < 1.29 is 4.74 Å². The summed E-state index contributed by atoms with van der Waals surface area (Å²) in [5, 5.41) is 8.07. The molecule has 1 aliphatic carbocycles. The largest absolute Gasteiger partial charge is 0.457 e. The summed E-state index contributed by atoms with van der Waals surface area (Å²) in [4.78, 5) is 11.1. The molecule has 0 saturated heterocycles. The van der Waals surface area contributed by atoms with Crippen LogP contribution in [-0.4, -0.2) is 14.5 Å². The minimum Gasteiger partial charge on any atom is -0.457 e. The van der Waals surface area contributed by atoms with Gasteiger partial charge in [-0.15, -0.1) is 0 Å². The number of hydrogen-bond acceptors (Lipinski definition) is 3. The maximum Gasteiger partial charge on any atom is 0.235 e. The van der Waals surface area contributed by atoms with Gasteiger partial charge in [-0.2, -0.15) is 0 Å². The average Bonchev–Trinajstić information content (AvgIpc) is 3.77. The summed E-state index contributed by atoms with van der Waals surface area (Å²) in [5.74, 6) is 2.40. The standard InChI is InChI=1S/C53H31N3O/c1-2-15-34-31-35(26-25-32(34)13-1)49-40-18-6-10-22-45(40)54-52(55-49)56-50-36-16-4-3-14-33(36)27-28-37(50)38-29-30-44-48(51(38)56)39-17-5-7-19-41(39)53(44)42-20-8-11-23-46(42)57-47-24-12-9-21-43(47)53/h1-31H. The summed E-state index contributed by atoms with van der Waals surface area (Å²) in [6.45, 7) is 0. The van der Waals surface area contributed by atoms with Crippen molar-refractivity contribution in [3.63, 3.8) is 0 Å². The van der Waals surface area contributed by atoms with Gasteiger partial charge in [0, 0.05) is 43.8 Å². The van der Waals surface area contributed by atoms with Crippen molar-refractivity contribution in [3.05, 3.63) is 210 Å². The van der Waals surface area contributed by atoms with E-state index < -0.39 is 5.41 Å². The van der Waals surface area contributed by atoms with Gasteiger partial charge in [0.1, 0.15) is 11.5 Å². The molecule has 0 unspecified atom stereocenters. The maximum atomic E-state index is 6.67. The SMILES string of the molecule is c1ccc2c(c1)Oc1ccccc1C21c2ccccc2-c2c1ccc1c3ccc4ccccc4c3n(-c3nc(-c4ccc5ccccc5c4)c4ccccc4n3)c21. The normalized spacial score (nSPS) is 13.5. The summed E-state index contributed by atoms with van der Waals surface area (Å²) in [7, 11) is 0. The Hall–Kier alpha value is -7.56. The Labute approximate surface area is 327 Å². The van der Waals surface area contributed by atoms with Crippen LogP contribution in [0.5, 0.6) is 11.5 Å². The van der Waals surface area contributed by atoms with E-state index in [1.165, 1.54) is 49.2 Å². The van der Waals surface area contributed by atoms with Crippen molar-refractivity contribution in [3.8, 4) is 39.8 Å². The van der Waals surface area contributed by atoms with Crippen LogP contribution in [0.25, 0.3) is 82.6 Å². The van der Waals surface area contributed by atoms with Crippen LogP contribution in [0.4, 0.5) is 0 Å². The lowest BCUT2D eigenvalue weighted by Crippen LogP contribution is -2.32. The third-order valence-corrected chi connectivity index (χ3v) is 12.4. The molecule has 0 N–H and O–H groups in total. The van der Waals surface area contributed by atoms with Gasteiger partial charge in [-0.3, -0.25) is 4.57 Å². The van der Waals surface area contributed by atoms with Gasteiger partial charge < -0.3 is 4.74 Å². The van der Waals surface area contributed by atoms with Crippen LogP contribution in [0.1, 0.15) is 22.3 Å². The van der Waals surface area contributed by atoms with Crippen LogP contribution in [0.2, 0.25) is 0 Å². The Bertz CT molecular complexity index is 3480. The molecule has 0 fully saturated rings. The molecule has 1 spiro atoms. The fourth-order valence-corrected chi connectivity index (χ4v) is 10.1. The molecule has 0 radical (unpaired) electrons. The van der Waals surface area contributed by atoms with Crippen molar-refractivity contribution in [2.75, 3.05) is 0 Å². The van der Waals surface area contributed by atoms with E-state index in [0.717, 1.165) is 61.2 Å². The molecule has 11 aromatic rings. The molecule has 2 aromatic heterocycles. The minimum absolute atomic E-state index is 0.602. The molecular formula is C53H31N3O. The second-order valence-electron chi connectivity index (χ2n) is 15.2. The first-order valence-corrected chi connectivity index (χ1v) is 19.5. The smallest absolute Gasteiger partial charge is 0.235 e. The van der Waals surface area contributed by atoms with Gasteiger partial charge in [-0.25, -0.2) is 9.97 Å². The summed E-state index contributed by atoms with van der Waals surface area (Å²) in [6.07, 6.45) is 0. The Morgan fingerprint density at radius 1 is 0.421 bits per heavy atom. The molecule has 264 valence electrons. The van der Waals surface area contributed by atoms with Crippen LogP contribution >= 0.6 is 0 Å². The summed E-state index contributed by atoms with van der Waals surface area (Å²) < 4.78 is 9.04. The lowest BCUT2D eigenvalue weighted by atomic mass is 9.66. The van der Waals surface area contributed by atoms with Crippen molar-refractivity contribution >= 4 is 54.3 Å². The third-order valence-electron chi connectivity index (χ3n) is 12.4. The molecule has 0 atom stereocenters. The summed E-state index contributed by atoms with van der Waals surface area (Å²) in [5.41, 5.74) is 11.6. The van der Waals surface area contributed by atoms with Gasteiger partial charge >= 0.3 is 0 Å². The molecule has 9 aromatic carbocycles. The number of rotatable bonds is 2. The molecule has 4 nitrogen and oxygen atoms in total. The fourth-order valence-electron chi connectivity index (χ4n) is 10.1. The van der Waals surface area contributed by atoms with Crippen LogP contribution < -0.4 is 4.74 Å². The molecule has 1 aliphatic heterocycles. The van der Waals surface area contributed by atoms with Gasteiger partial charge in [0.2, 0.25) is 5.95 Å². The Kier molecular flexibility index (Phi) is 6.07. The van der Waals surface area contributed by atoms with Crippen LogP contribution in [0, 0.1) is 0 Å². The van der Waals surface area contributed by atoms with Crippen LogP contribution in [0.3, 0.4) is 0 Å². The molecular weight excluding hydrogens is 695 g/mol. The lowest BCUT2D eigenvalue weighted by Gasteiger charge is -2.39. The second kappa shape index (κ2) is 11.2. The van der Waals surface area contributed by atoms with E-state index in [0.29, 0.717) is 5.95 Å². The van der Waals surface area contributed by atoms with Gasteiger partial charge in [0.25, 0.3) is 0 Å².